The molecule has 2 aliphatic carbocycles. The predicted octanol–water partition coefficient (Wildman–Crippen LogP) is 2.48. The summed E-state index contributed by atoms with van der Waals surface area (Å²) in [4.78, 5) is 12.2. The Morgan fingerprint density at radius 1 is 1.26 bits per heavy atom. The predicted molar refractivity (Wildman–Crippen MR) is 78.3 cm³/mol. The Bertz CT molecular complexity index is 471. The molecule has 1 atom stereocenters. The number of nitrogens with one attached hydrogen (secondary N) is 1. The number of halogens is 1. The minimum Gasteiger partial charge on any atom is -0.348 e. The summed E-state index contributed by atoms with van der Waals surface area (Å²) >= 11 is 0. The van der Waals surface area contributed by atoms with Gasteiger partial charge < -0.3 is 11.1 Å². The lowest BCUT2D eigenvalue weighted by Gasteiger charge is -2.38. The Hall–Kier alpha value is -1.06. The third-order valence-corrected chi connectivity index (χ3v) is 4.37. The highest BCUT2D eigenvalue weighted by Crippen LogP contribution is 2.33. The van der Waals surface area contributed by atoms with Crippen LogP contribution in [0.15, 0.2) is 24.3 Å². The van der Waals surface area contributed by atoms with E-state index in [0.717, 1.165) is 38.5 Å². The number of carbonyl (C=O) groups is 1. The molecule has 1 aromatic rings. The molecule has 19 heavy (non-hydrogen) atoms. The standard InChI is InChI=1S/C15H20N2O.ClH/c16-15(9-4-10-15)14(18)17-13-8-3-6-11-5-1-2-7-12(11)13;/h1-2,5,7,13H,3-4,6,8-10,16H2,(H,17,18);1H. The van der Waals surface area contributed by atoms with Gasteiger partial charge >= 0.3 is 0 Å². The van der Waals surface area contributed by atoms with Crippen molar-refractivity contribution in [3.8, 4) is 0 Å². The van der Waals surface area contributed by atoms with Crippen molar-refractivity contribution in [2.24, 2.45) is 5.73 Å². The molecule has 1 saturated carbocycles. The van der Waals surface area contributed by atoms with Gasteiger partial charge in [0.05, 0.1) is 11.6 Å². The summed E-state index contributed by atoms with van der Waals surface area (Å²) in [5.41, 5.74) is 8.13. The Balaban J connectivity index is 0.00000133. The normalized spacial score (nSPS) is 23.5. The number of carbonyl (C=O) groups excluding carboxylic acids is 1. The number of hydrogen-bond acceptors (Lipinski definition) is 2. The van der Waals surface area contributed by atoms with E-state index in [-0.39, 0.29) is 24.4 Å². The van der Waals surface area contributed by atoms with Crippen molar-refractivity contribution in [1.29, 1.82) is 0 Å². The molecule has 1 amide bonds. The molecule has 3 N–H and O–H groups in total. The molecule has 1 aromatic carbocycles. The maximum absolute atomic E-state index is 12.2. The molecule has 1 unspecified atom stereocenters. The van der Waals surface area contributed by atoms with Crippen molar-refractivity contribution >= 4 is 18.3 Å². The average molecular weight is 281 g/mol. The van der Waals surface area contributed by atoms with Gasteiger partial charge in [-0.1, -0.05) is 24.3 Å². The maximum Gasteiger partial charge on any atom is 0.240 e. The SMILES string of the molecule is Cl.NC1(C(=O)NC2CCCc3ccccc32)CCC1. The van der Waals surface area contributed by atoms with Crippen molar-refractivity contribution in [3.05, 3.63) is 35.4 Å². The van der Waals surface area contributed by atoms with E-state index in [2.05, 4.69) is 23.5 Å². The molecule has 104 valence electrons. The summed E-state index contributed by atoms with van der Waals surface area (Å²) in [6, 6.07) is 8.56. The van der Waals surface area contributed by atoms with Gasteiger partial charge in [-0.2, -0.15) is 0 Å². The molecular formula is C15H21ClN2O. The minimum atomic E-state index is -0.591. The van der Waals surface area contributed by atoms with Crippen LogP contribution in [0.4, 0.5) is 0 Å². The first-order valence-corrected chi connectivity index (χ1v) is 6.87. The fourth-order valence-electron chi connectivity index (χ4n) is 2.99. The summed E-state index contributed by atoms with van der Waals surface area (Å²) in [7, 11) is 0. The summed E-state index contributed by atoms with van der Waals surface area (Å²) in [5, 5.41) is 3.15. The van der Waals surface area contributed by atoms with Crippen molar-refractivity contribution in [2.75, 3.05) is 0 Å². The molecule has 3 rings (SSSR count). The third-order valence-electron chi connectivity index (χ3n) is 4.37. The van der Waals surface area contributed by atoms with Gasteiger partial charge in [0, 0.05) is 0 Å². The molecule has 0 spiro atoms. The fraction of sp³-hybridized carbons (Fsp3) is 0.533. The van der Waals surface area contributed by atoms with Gasteiger partial charge in [0.1, 0.15) is 0 Å². The molecule has 2 aliphatic rings. The van der Waals surface area contributed by atoms with Crippen LogP contribution in [-0.4, -0.2) is 11.4 Å². The lowest BCUT2D eigenvalue weighted by Crippen LogP contribution is -2.59. The van der Waals surface area contributed by atoms with E-state index in [1.807, 2.05) is 6.07 Å². The Morgan fingerprint density at radius 2 is 2.00 bits per heavy atom. The highest BCUT2D eigenvalue weighted by molar-refractivity contribution is 5.87. The molecule has 4 heteroatoms. The lowest BCUT2D eigenvalue weighted by atomic mass is 9.76. The second-order valence-corrected chi connectivity index (χ2v) is 5.63. The number of amides is 1. The van der Waals surface area contributed by atoms with Crippen LogP contribution in [-0.2, 0) is 11.2 Å². The van der Waals surface area contributed by atoms with Gasteiger partial charge in [0.15, 0.2) is 0 Å². The van der Waals surface area contributed by atoms with Crippen LogP contribution in [0.25, 0.3) is 0 Å². The van der Waals surface area contributed by atoms with Gasteiger partial charge in [-0.15, -0.1) is 12.4 Å². The minimum absolute atomic E-state index is 0. The van der Waals surface area contributed by atoms with Crippen LogP contribution in [0.5, 0.6) is 0 Å². The summed E-state index contributed by atoms with van der Waals surface area (Å²) in [6.45, 7) is 0. The molecule has 0 aliphatic heterocycles. The van der Waals surface area contributed by atoms with E-state index in [4.69, 9.17) is 5.73 Å². The van der Waals surface area contributed by atoms with E-state index < -0.39 is 5.54 Å². The van der Waals surface area contributed by atoms with E-state index in [0.29, 0.717) is 0 Å². The number of aryl methyl sites for hydroxylation is 1. The van der Waals surface area contributed by atoms with Gasteiger partial charge in [-0.05, 0) is 49.7 Å². The summed E-state index contributed by atoms with van der Waals surface area (Å²) in [5.74, 6) is 0.0375. The van der Waals surface area contributed by atoms with Crippen LogP contribution in [0.1, 0.15) is 49.3 Å². The number of rotatable bonds is 2. The van der Waals surface area contributed by atoms with E-state index in [1.165, 1.54) is 11.1 Å². The highest BCUT2D eigenvalue weighted by Gasteiger charge is 2.41. The molecule has 0 aromatic heterocycles. The zero-order valence-corrected chi connectivity index (χ0v) is 11.8. The number of fused-ring (bicyclic) bond motifs is 1. The summed E-state index contributed by atoms with van der Waals surface area (Å²) < 4.78 is 0. The zero-order valence-electron chi connectivity index (χ0n) is 11.0. The van der Waals surface area contributed by atoms with Crippen LogP contribution in [0.3, 0.4) is 0 Å². The molecule has 0 bridgehead atoms. The first kappa shape index (κ1) is 14.4. The monoisotopic (exact) mass is 280 g/mol. The smallest absolute Gasteiger partial charge is 0.240 e. The van der Waals surface area contributed by atoms with Crippen LogP contribution in [0.2, 0.25) is 0 Å². The van der Waals surface area contributed by atoms with Crippen LogP contribution < -0.4 is 11.1 Å². The van der Waals surface area contributed by atoms with E-state index in [1.54, 1.807) is 0 Å². The second-order valence-electron chi connectivity index (χ2n) is 5.63. The van der Waals surface area contributed by atoms with Crippen LogP contribution >= 0.6 is 12.4 Å². The lowest BCUT2D eigenvalue weighted by molar-refractivity contribution is -0.130. The Labute approximate surface area is 120 Å². The summed E-state index contributed by atoms with van der Waals surface area (Å²) in [6.07, 6.45) is 6.01. The molecule has 0 heterocycles. The topological polar surface area (TPSA) is 55.1 Å². The maximum atomic E-state index is 12.2. The quantitative estimate of drug-likeness (QED) is 0.874. The van der Waals surface area contributed by atoms with Crippen molar-refractivity contribution < 1.29 is 4.79 Å². The highest BCUT2D eigenvalue weighted by atomic mass is 35.5. The molecule has 3 nitrogen and oxygen atoms in total. The molecule has 0 radical (unpaired) electrons. The largest absolute Gasteiger partial charge is 0.348 e. The molecular weight excluding hydrogens is 260 g/mol. The molecule has 1 fully saturated rings. The van der Waals surface area contributed by atoms with Crippen molar-refractivity contribution in [2.45, 2.75) is 50.1 Å². The second kappa shape index (κ2) is 5.51. The first-order valence-electron chi connectivity index (χ1n) is 6.87. The van der Waals surface area contributed by atoms with E-state index >= 15 is 0 Å². The fourth-order valence-corrected chi connectivity index (χ4v) is 2.99. The first-order chi connectivity index (χ1) is 8.69. The van der Waals surface area contributed by atoms with Gasteiger partial charge in [0.25, 0.3) is 0 Å². The van der Waals surface area contributed by atoms with Crippen molar-refractivity contribution in [3.63, 3.8) is 0 Å². The van der Waals surface area contributed by atoms with Gasteiger partial charge in [-0.3, -0.25) is 4.79 Å². The number of hydrogen-bond donors (Lipinski definition) is 2. The number of benzene rings is 1. The average Bonchev–Trinajstić information content (AvgIpc) is 2.36. The Morgan fingerprint density at radius 3 is 2.68 bits per heavy atom. The zero-order chi connectivity index (χ0) is 12.6. The third kappa shape index (κ3) is 2.63. The van der Waals surface area contributed by atoms with Gasteiger partial charge in [-0.25, -0.2) is 0 Å². The van der Waals surface area contributed by atoms with E-state index in [9.17, 15) is 4.79 Å². The number of nitrogens with two attached hydrogens (primary N) is 1. The van der Waals surface area contributed by atoms with Crippen molar-refractivity contribution in [1.82, 2.24) is 5.32 Å². The van der Waals surface area contributed by atoms with Gasteiger partial charge in [0.2, 0.25) is 5.91 Å². The Kier molecular flexibility index (Phi) is 4.16. The van der Waals surface area contributed by atoms with Crippen LogP contribution in [0, 0.1) is 0 Å². The molecule has 0 saturated heterocycles.